The summed E-state index contributed by atoms with van der Waals surface area (Å²) in [6.45, 7) is 0. The second-order valence-corrected chi connectivity index (χ2v) is 3.22. The van der Waals surface area contributed by atoms with Crippen molar-refractivity contribution >= 4 is 17.3 Å². The molecule has 80 valence electrons. The van der Waals surface area contributed by atoms with Gasteiger partial charge in [0.05, 0.1) is 4.92 Å². The van der Waals surface area contributed by atoms with Gasteiger partial charge in [0, 0.05) is 25.7 Å². The van der Waals surface area contributed by atoms with Crippen LogP contribution in [0.4, 0.5) is 11.4 Å². The Kier molecular flexibility index (Phi) is 2.89. The van der Waals surface area contributed by atoms with Crippen molar-refractivity contribution in [2.75, 3.05) is 19.0 Å². The molecule has 1 rings (SSSR count). The van der Waals surface area contributed by atoms with Crippen LogP contribution in [-0.2, 0) is 0 Å². The lowest BCUT2D eigenvalue weighted by molar-refractivity contribution is -0.384. The maximum Gasteiger partial charge on any atom is 0.293 e. The van der Waals surface area contributed by atoms with Gasteiger partial charge in [0.1, 0.15) is 5.69 Å². The summed E-state index contributed by atoms with van der Waals surface area (Å²) in [5.74, 6) is -0.677. The number of anilines is 1. The number of rotatable bonds is 3. The maximum atomic E-state index is 10.8. The molecule has 0 atom stereocenters. The first-order chi connectivity index (χ1) is 6.93. The lowest BCUT2D eigenvalue weighted by Crippen LogP contribution is -2.14. The van der Waals surface area contributed by atoms with E-state index in [1.54, 1.807) is 19.0 Å². The molecule has 0 aliphatic carbocycles. The minimum absolute atomic E-state index is 0.128. The molecule has 0 radical (unpaired) electrons. The quantitative estimate of drug-likeness (QED) is 0.587. The van der Waals surface area contributed by atoms with Gasteiger partial charge in [-0.2, -0.15) is 0 Å². The van der Waals surface area contributed by atoms with Gasteiger partial charge >= 0.3 is 0 Å². The summed E-state index contributed by atoms with van der Waals surface area (Å²) < 4.78 is 0. The van der Waals surface area contributed by atoms with Gasteiger partial charge in [-0.15, -0.1) is 0 Å². The molecule has 0 saturated heterocycles. The zero-order valence-electron chi connectivity index (χ0n) is 8.43. The smallest absolute Gasteiger partial charge is 0.293 e. The summed E-state index contributed by atoms with van der Waals surface area (Å²) in [5.41, 5.74) is 5.47. The molecule has 0 saturated carbocycles. The maximum absolute atomic E-state index is 10.8. The molecule has 0 fully saturated rings. The standard InChI is InChI=1S/C9H11N3O3/c1-11(2)7-4-3-6(9(10)13)5-8(7)12(14)15/h3-5H,1-2H3,(H2,10,13). The van der Waals surface area contributed by atoms with Crippen LogP contribution in [0.25, 0.3) is 0 Å². The molecule has 0 aliphatic heterocycles. The first-order valence-electron chi connectivity index (χ1n) is 4.19. The van der Waals surface area contributed by atoms with Crippen LogP contribution >= 0.6 is 0 Å². The van der Waals surface area contributed by atoms with E-state index in [0.717, 1.165) is 0 Å². The highest BCUT2D eigenvalue weighted by Crippen LogP contribution is 2.27. The van der Waals surface area contributed by atoms with E-state index in [2.05, 4.69) is 0 Å². The largest absolute Gasteiger partial charge is 0.372 e. The van der Waals surface area contributed by atoms with Crippen molar-refractivity contribution in [1.82, 2.24) is 0 Å². The zero-order chi connectivity index (χ0) is 11.6. The van der Waals surface area contributed by atoms with Crippen LogP contribution in [0, 0.1) is 10.1 Å². The van der Waals surface area contributed by atoms with Crippen molar-refractivity contribution in [3.63, 3.8) is 0 Å². The summed E-state index contributed by atoms with van der Waals surface area (Å²) in [6.07, 6.45) is 0. The van der Waals surface area contributed by atoms with Crippen LogP contribution in [0.1, 0.15) is 10.4 Å². The average molecular weight is 209 g/mol. The fourth-order valence-corrected chi connectivity index (χ4v) is 1.20. The van der Waals surface area contributed by atoms with E-state index < -0.39 is 10.8 Å². The third-order valence-electron chi connectivity index (χ3n) is 1.94. The lowest BCUT2D eigenvalue weighted by atomic mass is 10.1. The van der Waals surface area contributed by atoms with E-state index in [4.69, 9.17) is 5.73 Å². The van der Waals surface area contributed by atoms with Crippen molar-refractivity contribution in [2.45, 2.75) is 0 Å². The second kappa shape index (κ2) is 3.95. The Morgan fingerprint density at radius 3 is 2.47 bits per heavy atom. The molecule has 1 aromatic carbocycles. The number of hydrogen-bond donors (Lipinski definition) is 1. The van der Waals surface area contributed by atoms with Gasteiger partial charge in [-0.05, 0) is 12.1 Å². The normalized spacial score (nSPS) is 9.73. The Morgan fingerprint density at radius 2 is 2.07 bits per heavy atom. The highest BCUT2D eigenvalue weighted by molar-refractivity contribution is 5.94. The third kappa shape index (κ3) is 2.22. The Morgan fingerprint density at radius 1 is 1.47 bits per heavy atom. The SMILES string of the molecule is CN(C)c1ccc(C(N)=O)cc1[N+](=O)[O-]. The number of carbonyl (C=O) groups is 1. The summed E-state index contributed by atoms with van der Waals surface area (Å²) in [4.78, 5) is 22.6. The zero-order valence-corrected chi connectivity index (χ0v) is 8.43. The molecule has 15 heavy (non-hydrogen) atoms. The number of hydrogen-bond acceptors (Lipinski definition) is 4. The van der Waals surface area contributed by atoms with Crippen molar-refractivity contribution in [3.05, 3.63) is 33.9 Å². The molecule has 1 amide bonds. The Labute approximate surface area is 86.4 Å². The summed E-state index contributed by atoms with van der Waals surface area (Å²) in [5, 5.41) is 10.7. The van der Waals surface area contributed by atoms with E-state index in [-0.39, 0.29) is 11.3 Å². The van der Waals surface area contributed by atoms with Crippen molar-refractivity contribution in [3.8, 4) is 0 Å². The van der Waals surface area contributed by atoms with Crippen LogP contribution in [0.2, 0.25) is 0 Å². The monoisotopic (exact) mass is 209 g/mol. The minimum Gasteiger partial charge on any atom is -0.372 e. The highest BCUT2D eigenvalue weighted by Gasteiger charge is 2.17. The molecule has 0 aromatic heterocycles. The number of carbonyl (C=O) groups excluding carboxylic acids is 1. The Balaban J connectivity index is 3.33. The number of amides is 1. The van der Waals surface area contributed by atoms with Gasteiger partial charge < -0.3 is 10.6 Å². The van der Waals surface area contributed by atoms with Gasteiger partial charge in [0.2, 0.25) is 5.91 Å². The second-order valence-electron chi connectivity index (χ2n) is 3.22. The van der Waals surface area contributed by atoms with Crippen molar-refractivity contribution in [2.24, 2.45) is 5.73 Å². The first kappa shape index (κ1) is 11.0. The van der Waals surface area contributed by atoms with Gasteiger partial charge in [0.15, 0.2) is 0 Å². The van der Waals surface area contributed by atoms with Gasteiger partial charge in [0.25, 0.3) is 5.69 Å². The molecular formula is C9H11N3O3. The van der Waals surface area contributed by atoms with E-state index >= 15 is 0 Å². The molecule has 0 aliphatic rings. The molecule has 0 spiro atoms. The van der Waals surface area contributed by atoms with Crippen LogP contribution in [-0.4, -0.2) is 24.9 Å². The number of benzene rings is 1. The molecule has 1 aromatic rings. The number of nitro benzene ring substituents is 1. The van der Waals surface area contributed by atoms with Crippen molar-refractivity contribution < 1.29 is 9.72 Å². The Bertz CT molecular complexity index is 415. The fraction of sp³-hybridized carbons (Fsp3) is 0.222. The number of nitro groups is 1. The van der Waals surface area contributed by atoms with E-state index in [9.17, 15) is 14.9 Å². The van der Waals surface area contributed by atoms with Gasteiger partial charge in [-0.1, -0.05) is 0 Å². The molecule has 6 heteroatoms. The van der Waals surface area contributed by atoms with Gasteiger partial charge in [-0.3, -0.25) is 14.9 Å². The third-order valence-corrected chi connectivity index (χ3v) is 1.94. The van der Waals surface area contributed by atoms with E-state index in [0.29, 0.717) is 5.69 Å². The molecule has 0 bridgehead atoms. The topological polar surface area (TPSA) is 89.5 Å². The van der Waals surface area contributed by atoms with Crippen LogP contribution < -0.4 is 10.6 Å². The molecule has 2 N–H and O–H groups in total. The molecule has 6 nitrogen and oxygen atoms in total. The number of primary amides is 1. The Hall–Kier alpha value is -2.11. The summed E-state index contributed by atoms with van der Waals surface area (Å²) >= 11 is 0. The molecule has 0 unspecified atom stereocenters. The van der Waals surface area contributed by atoms with Gasteiger partial charge in [-0.25, -0.2) is 0 Å². The fourth-order valence-electron chi connectivity index (χ4n) is 1.20. The molecule has 0 heterocycles. The predicted octanol–water partition coefficient (Wildman–Crippen LogP) is 0.760. The predicted molar refractivity (Wildman–Crippen MR) is 55.9 cm³/mol. The van der Waals surface area contributed by atoms with Crippen LogP contribution in [0.5, 0.6) is 0 Å². The minimum atomic E-state index is -0.677. The van der Waals surface area contributed by atoms with Crippen LogP contribution in [0.15, 0.2) is 18.2 Å². The van der Waals surface area contributed by atoms with E-state index in [1.807, 2.05) is 0 Å². The highest BCUT2D eigenvalue weighted by atomic mass is 16.6. The number of nitrogens with two attached hydrogens (primary N) is 1. The van der Waals surface area contributed by atoms with E-state index in [1.165, 1.54) is 18.2 Å². The average Bonchev–Trinajstić information content (AvgIpc) is 2.16. The summed E-state index contributed by atoms with van der Waals surface area (Å²) in [7, 11) is 3.37. The molecular weight excluding hydrogens is 198 g/mol. The van der Waals surface area contributed by atoms with Crippen LogP contribution in [0.3, 0.4) is 0 Å². The van der Waals surface area contributed by atoms with Crippen molar-refractivity contribution in [1.29, 1.82) is 0 Å². The number of nitrogens with zero attached hydrogens (tertiary/aromatic N) is 2. The first-order valence-corrected chi connectivity index (χ1v) is 4.19. The lowest BCUT2D eigenvalue weighted by Gasteiger charge is -2.12. The summed E-state index contributed by atoms with van der Waals surface area (Å²) in [6, 6.07) is 4.14.